The number of hydrogen-bond donors (Lipinski definition) is 0. The van der Waals surface area contributed by atoms with Crippen LogP contribution in [0, 0.1) is 17.3 Å². The zero-order chi connectivity index (χ0) is 11.4. The summed E-state index contributed by atoms with van der Waals surface area (Å²) in [7, 11) is 1.15. The van der Waals surface area contributed by atoms with E-state index in [9.17, 15) is 13.2 Å². The van der Waals surface area contributed by atoms with Crippen molar-refractivity contribution in [2.24, 2.45) is 0 Å². The molecule has 1 aromatic heterocycles. The van der Waals surface area contributed by atoms with Crippen molar-refractivity contribution in [1.29, 1.82) is 5.26 Å². The number of ether oxygens (including phenoxy) is 1. The minimum atomic E-state index is -2.81. The van der Waals surface area contributed by atoms with Crippen LogP contribution >= 0.6 is 0 Å². The lowest BCUT2D eigenvalue weighted by molar-refractivity contribution is 0.149. The molecule has 6 heteroatoms. The summed E-state index contributed by atoms with van der Waals surface area (Å²) in [6.07, 6.45) is -3.17. The molecule has 0 amide bonds. The summed E-state index contributed by atoms with van der Waals surface area (Å²) in [5, 5.41) is 8.35. The number of halogens is 3. The number of hydrogen-bond acceptors (Lipinski definition) is 3. The van der Waals surface area contributed by atoms with E-state index in [1.165, 1.54) is 0 Å². The van der Waals surface area contributed by atoms with Crippen molar-refractivity contribution in [3.8, 4) is 11.8 Å². The highest BCUT2D eigenvalue weighted by Gasteiger charge is 2.18. The fraction of sp³-hybridized carbons (Fsp3) is 0.333. The molecule has 0 spiro atoms. The Morgan fingerprint density at radius 3 is 2.73 bits per heavy atom. The summed E-state index contributed by atoms with van der Waals surface area (Å²) in [4.78, 5) is 3.26. The summed E-state index contributed by atoms with van der Waals surface area (Å²) in [6.45, 7) is 0. The molecule has 0 unspecified atom stereocenters. The molecule has 0 aliphatic heterocycles. The van der Waals surface area contributed by atoms with E-state index >= 15 is 0 Å². The smallest absolute Gasteiger partial charge is 0.265 e. The second-order valence-corrected chi connectivity index (χ2v) is 2.65. The fourth-order valence-corrected chi connectivity index (χ4v) is 1.07. The zero-order valence-corrected chi connectivity index (χ0v) is 7.80. The molecular formula is C9H7F3N2O. The zero-order valence-electron chi connectivity index (χ0n) is 7.80. The fourth-order valence-electron chi connectivity index (χ4n) is 1.07. The summed E-state index contributed by atoms with van der Waals surface area (Å²) in [5.74, 6) is -1.35. The highest BCUT2D eigenvalue weighted by Crippen LogP contribution is 2.27. The number of alkyl halides is 2. The molecular weight excluding hydrogens is 209 g/mol. The van der Waals surface area contributed by atoms with Crippen molar-refractivity contribution in [2.75, 3.05) is 7.11 Å². The maximum atomic E-state index is 13.0. The van der Waals surface area contributed by atoms with Crippen LogP contribution in [0.3, 0.4) is 0 Å². The summed E-state index contributed by atoms with van der Waals surface area (Å²) in [5.41, 5.74) is -0.736. The van der Waals surface area contributed by atoms with Crippen LogP contribution in [0.2, 0.25) is 0 Å². The predicted octanol–water partition coefficient (Wildman–Crippen LogP) is 2.23. The van der Waals surface area contributed by atoms with Gasteiger partial charge in [0.15, 0.2) is 5.75 Å². The third-order valence-corrected chi connectivity index (χ3v) is 1.76. The highest BCUT2D eigenvalue weighted by atomic mass is 19.3. The van der Waals surface area contributed by atoms with E-state index in [2.05, 4.69) is 9.72 Å². The number of nitrogens with zero attached hydrogens (tertiary/aromatic N) is 2. The van der Waals surface area contributed by atoms with Gasteiger partial charge in [-0.1, -0.05) is 0 Å². The van der Waals surface area contributed by atoms with Gasteiger partial charge in [0.25, 0.3) is 12.4 Å². The molecule has 0 aromatic carbocycles. The third kappa shape index (κ3) is 2.37. The standard InChI is InChI=1S/C9H7F3N2O/c1-15-7-4-5(8(10)11)6(2-3-13)14-9(7)12/h4,8H,2H2,1H3. The molecule has 0 aliphatic rings. The minimum Gasteiger partial charge on any atom is -0.492 e. The van der Waals surface area contributed by atoms with E-state index in [1.807, 2.05) is 0 Å². The number of aromatic nitrogens is 1. The van der Waals surface area contributed by atoms with Gasteiger partial charge < -0.3 is 4.74 Å². The van der Waals surface area contributed by atoms with Gasteiger partial charge in [0.1, 0.15) is 0 Å². The SMILES string of the molecule is COc1cc(C(F)F)c(CC#N)nc1F. The lowest BCUT2D eigenvalue weighted by Gasteiger charge is -2.08. The lowest BCUT2D eigenvalue weighted by Crippen LogP contribution is -2.02. The average molecular weight is 216 g/mol. The molecule has 0 radical (unpaired) electrons. The Morgan fingerprint density at radius 1 is 1.60 bits per heavy atom. The van der Waals surface area contributed by atoms with Gasteiger partial charge in [0.2, 0.25) is 0 Å². The van der Waals surface area contributed by atoms with Gasteiger partial charge in [0.05, 0.1) is 25.3 Å². The molecule has 0 aliphatic carbocycles. The van der Waals surface area contributed by atoms with Crippen LogP contribution in [0.15, 0.2) is 6.07 Å². The van der Waals surface area contributed by atoms with Crippen LogP contribution in [-0.2, 0) is 6.42 Å². The van der Waals surface area contributed by atoms with E-state index in [0.29, 0.717) is 0 Å². The normalized spacial score (nSPS) is 10.1. The number of pyridine rings is 1. The average Bonchev–Trinajstić information content (AvgIpc) is 2.18. The van der Waals surface area contributed by atoms with Gasteiger partial charge in [0, 0.05) is 5.56 Å². The van der Waals surface area contributed by atoms with Gasteiger partial charge in [-0.2, -0.15) is 9.65 Å². The first-order valence-corrected chi connectivity index (χ1v) is 3.98. The summed E-state index contributed by atoms with van der Waals surface area (Å²) < 4.78 is 42.5. The van der Waals surface area contributed by atoms with Crippen molar-refractivity contribution in [1.82, 2.24) is 4.98 Å². The largest absolute Gasteiger partial charge is 0.492 e. The Hall–Kier alpha value is -1.77. The minimum absolute atomic E-state index is 0.259. The number of nitriles is 1. The Balaban J connectivity index is 3.26. The van der Waals surface area contributed by atoms with Crippen molar-refractivity contribution in [3.05, 3.63) is 23.3 Å². The molecule has 1 heterocycles. The Labute approximate surface area is 84.1 Å². The van der Waals surface area contributed by atoms with Crippen LogP contribution in [0.4, 0.5) is 13.2 Å². The second kappa shape index (κ2) is 4.64. The molecule has 80 valence electrons. The summed E-state index contributed by atoms with van der Waals surface area (Å²) >= 11 is 0. The van der Waals surface area contributed by atoms with Crippen molar-refractivity contribution >= 4 is 0 Å². The molecule has 15 heavy (non-hydrogen) atoms. The quantitative estimate of drug-likeness (QED) is 0.728. The van der Waals surface area contributed by atoms with Gasteiger partial charge in [-0.25, -0.2) is 13.8 Å². The van der Waals surface area contributed by atoms with E-state index in [4.69, 9.17) is 5.26 Å². The predicted molar refractivity (Wildman–Crippen MR) is 45.0 cm³/mol. The molecule has 0 saturated carbocycles. The molecule has 3 nitrogen and oxygen atoms in total. The third-order valence-electron chi connectivity index (χ3n) is 1.76. The van der Waals surface area contributed by atoms with E-state index in [0.717, 1.165) is 13.2 Å². The molecule has 1 aromatic rings. The van der Waals surface area contributed by atoms with E-state index in [-0.39, 0.29) is 17.9 Å². The maximum Gasteiger partial charge on any atom is 0.265 e. The first-order chi connectivity index (χ1) is 7.10. The first kappa shape index (κ1) is 11.3. The maximum absolute atomic E-state index is 13.0. The van der Waals surface area contributed by atoms with Gasteiger partial charge in [-0.15, -0.1) is 0 Å². The lowest BCUT2D eigenvalue weighted by atomic mass is 10.1. The highest BCUT2D eigenvalue weighted by molar-refractivity contribution is 5.32. The molecule has 0 saturated heterocycles. The van der Waals surface area contributed by atoms with Crippen LogP contribution < -0.4 is 4.74 Å². The second-order valence-electron chi connectivity index (χ2n) is 2.65. The Kier molecular flexibility index (Phi) is 3.50. The topological polar surface area (TPSA) is 45.9 Å². The van der Waals surface area contributed by atoms with Crippen LogP contribution in [0.25, 0.3) is 0 Å². The molecule has 0 fully saturated rings. The van der Waals surface area contributed by atoms with E-state index < -0.39 is 17.9 Å². The van der Waals surface area contributed by atoms with Crippen molar-refractivity contribution < 1.29 is 17.9 Å². The number of methoxy groups -OCH3 is 1. The van der Waals surface area contributed by atoms with Crippen molar-refractivity contribution in [3.63, 3.8) is 0 Å². The van der Waals surface area contributed by atoms with Crippen molar-refractivity contribution in [2.45, 2.75) is 12.8 Å². The molecule has 0 bridgehead atoms. The van der Waals surface area contributed by atoms with Gasteiger partial charge in [-0.05, 0) is 6.07 Å². The molecule has 0 N–H and O–H groups in total. The molecule has 1 rings (SSSR count). The van der Waals surface area contributed by atoms with Crippen LogP contribution in [0.5, 0.6) is 5.75 Å². The van der Waals surface area contributed by atoms with Gasteiger partial charge >= 0.3 is 0 Å². The first-order valence-electron chi connectivity index (χ1n) is 3.98. The molecule has 0 atom stereocenters. The Morgan fingerprint density at radius 2 is 2.27 bits per heavy atom. The Bertz CT molecular complexity index is 401. The van der Waals surface area contributed by atoms with Crippen LogP contribution in [-0.4, -0.2) is 12.1 Å². The monoisotopic (exact) mass is 216 g/mol. The number of rotatable bonds is 3. The van der Waals surface area contributed by atoms with Gasteiger partial charge in [-0.3, -0.25) is 0 Å². The summed E-state index contributed by atoms with van der Waals surface area (Å²) in [6, 6.07) is 2.50. The van der Waals surface area contributed by atoms with Crippen LogP contribution in [0.1, 0.15) is 17.7 Å². The van der Waals surface area contributed by atoms with E-state index in [1.54, 1.807) is 6.07 Å².